The molecule has 0 fully saturated rings. The lowest BCUT2D eigenvalue weighted by Gasteiger charge is -2.17. The minimum absolute atomic E-state index is 0.0240. The molecule has 102 valence electrons. The van der Waals surface area contributed by atoms with Gasteiger partial charge in [-0.15, -0.1) is 0 Å². The molecule has 0 aliphatic heterocycles. The van der Waals surface area contributed by atoms with E-state index in [1.54, 1.807) is 0 Å². The van der Waals surface area contributed by atoms with Gasteiger partial charge in [0.15, 0.2) is 0 Å². The molecule has 1 aromatic heterocycles. The van der Waals surface area contributed by atoms with Gasteiger partial charge in [-0.1, -0.05) is 28.7 Å². The molecule has 2 rings (SSSR count). The van der Waals surface area contributed by atoms with Crippen LogP contribution in [0.5, 0.6) is 5.75 Å². The Bertz CT molecular complexity index is 632. The van der Waals surface area contributed by atoms with Crippen LogP contribution in [0.3, 0.4) is 0 Å². The molecule has 4 nitrogen and oxygen atoms in total. The maximum atomic E-state index is 11.5. The van der Waals surface area contributed by atoms with Crippen LogP contribution in [0, 0.1) is 0 Å². The number of pyridine rings is 1. The van der Waals surface area contributed by atoms with E-state index >= 15 is 0 Å². The third-order valence-corrected chi connectivity index (χ3v) is 4.34. The molecule has 0 spiro atoms. The zero-order valence-electron chi connectivity index (χ0n) is 10.3. The highest BCUT2D eigenvalue weighted by Crippen LogP contribution is 2.35. The summed E-state index contributed by atoms with van der Waals surface area (Å²) >= 11 is 2.31. The van der Waals surface area contributed by atoms with Gasteiger partial charge in [-0.25, -0.2) is 0 Å². The molecular weight excluding hydrogens is 395 g/mol. The van der Waals surface area contributed by atoms with E-state index < -0.39 is 0 Å². The van der Waals surface area contributed by atoms with E-state index in [1.165, 1.54) is 6.07 Å². The zero-order valence-corrected chi connectivity index (χ0v) is 14.6. The predicted molar refractivity (Wildman–Crippen MR) is 91.9 cm³/mol. The van der Waals surface area contributed by atoms with Crippen LogP contribution in [0.2, 0.25) is 0 Å². The van der Waals surface area contributed by atoms with E-state index in [0.29, 0.717) is 20.1 Å². The van der Waals surface area contributed by atoms with Gasteiger partial charge in [-0.2, -0.15) is 0 Å². The van der Waals surface area contributed by atoms with Gasteiger partial charge in [0.05, 0.1) is 21.1 Å². The lowest BCUT2D eigenvalue weighted by Crippen LogP contribution is -2.07. The Kier molecular flexibility index (Phi) is 5.58. The number of nitrogens with one attached hydrogen (secondary N) is 1. The number of rotatable bonds is 5. The maximum absolute atomic E-state index is 11.5. The number of halogens is 1. The van der Waals surface area contributed by atoms with E-state index in [4.69, 9.17) is 9.05 Å². The van der Waals surface area contributed by atoms with Crippen LogP contribution in [-0.4, -0.2) is 16.1 Å². The minimum Gasteiger partial charge on any atom is -0.478 e. The van der Waals surface area contributed by atoms with E-state index in [0.717, 1.165) is 15.4 Å². The summed E-state index contributed by atoms with van der Waals surface area (Å²) in [5.41, 5.74) is 1.64. The third kappa shape index (κ3) is 3.27. The van der Waals surface area contributed by atoms with Crippen molar-refractivity contribution in [3.05, 3.63) is 40.2 Å². The van der Waals surface area contributed by atoms with Crippen LogP contribution in [-0.2, 0) is 4.52 Å². The van der Waals surface area contributed by atoms with Gasteiger partial charge in [-0.05, 0) is 24.4 Å². The molecule has 0 aliphatic carbocycles. The molecule has 1 aromatic carbocycles. The van der Waals surface area contributed by atoms with Crippen molar-refractivity contribution in [3.63, 3.8) is 0 Å². The highest BCUT2D eigenvalue weighted by atomic mass is 127. The van der Waals surface area contributed by atoms with Crippen molar-refractivity contribution < 1.29 is 9.05 Å². The van der Waals surface area contributed by atoms with Gasteiger partial charge in [-0.3, -0.25) is 4.79 Å². The quantitative estimate of drug-likeness (QED) is 0.468. The molecule has 2 aromatic rings. The average molecular weight is 409 g/mol. The Morgan fingerprint density at radius 2 is 2.21 bits per heavy atom. The summed E-state index contributed by atoms with van der Waals surface area (Å²) in [7, 11) is 2.63. The number of aromatic amines is 1. The summed E-state index contributed by atoms with van der Waals surface area (Å²) in [5.74, 6) is 0.632. The number of fused-ring (bicyclic) bond motifs is 1. The second-order valence-electron chi connectivity index (χ2n) is 3.85. The molecule has 0 saturated carbocycles. The number of H-pyrrole nitrogens is 1. The molecule has 0 radical (unpaired) electrons. The average Bonchev–Trinajstić information content (AvgIpc) is 2.43. The van der Waals surface area contributed by atoms with Crippen LogP contribution >= 0.6 is 40.9 Å². The second kappa shape index (κ2) is 6.98. The lowest BCUT2D eigenvalue weighted by molar-refractivity contribution is 0.275. The van der Waals surface area contributed by atoms with Gasteiger partial charge >= 0.3 is 0 Å². The first kappa shape index (κ1) is 15.2. The van der Waals surface area contributed by atoms with Gasteiger partial charge in [0.1, 0.15) is 5.75 Å². The summed E-state index contributed by atoms with van der Waals surface area (Å²) in [5, 5.41) is 0.958. The van der Waals surface area contributed by atoms with Crippen molar-refractivity contribution in [2.24, 2.45) is 0 Å². The Hall–Kier alpha value is -0.220. The molecule has 0 amide bonds. The summed E-state index contributed by atoms with van der Waals surface area (Å²) in [6, 6.07) is 7.18. The van der Waals surface area contributed by atoms with Gasteiger partial charge in [0, 0.05) is 24.7 Å². The molecule has 0 bridgehead atoms. The second-order valence-corrected chi connectivity index (χ2v) is 5.61. The highest BCUT2D eigenvalue weighted by molar-refractivity contribution is 14.1. The Labute approximate surface area is 128 Å². The van der Waals surface area contributed by atoms with E-state index in [-0.39, 0.29) is 11.7 Å². The normalized spacial score (nSPS) is 13.2. The predicted octanol–water partition coefficient (Wildman–Crippen LogP) is 3.41. The third-order valence-electron chi connectivity index (χ3n) is 2.76. The molecule has 3 atom stereocenters. The monoisotopic (exact) mass is 409 g/mol. The van der Waals surface area contributed by atoms with Crippen LogP contribution in [0.25, 0.3) is 10.9 Å². The topological polar surface area (TPSA) is 51.3 Å². The van der Waals surface area contributed by atoms with Crippen LogP contribution in [0.15, 0.2) is 29.1 Å². The molecule has 1 N–H and O–H groups in total. The van der Waals surface area contributed by atoms with Crippen molar-refractivity contribution in [3.8, 4) is 5.75 Å². The Morgan fingerprint density at radius 1 is 1.42 bits per heavy atom. The zero-order chi connectivity index (χ0) is 13.8. The summed E-state index contributed by atoms with van der Waals surface area (Å²) in [4.78, 5) is 14.3. The lowest BCUT2D eigenvalue weighted by atomic mass is 10.0. The smallest absolute Gasteiger partial charge is 0.248 e. The van der Waals surface area contributed by atoms with Gasteiger partial charge < -0.3 is 14.0 Å². The molecule has 0 saturated heterocycles. The van der Waals surface area contributed by atoms with E-state index in [1.807, 2.05) is 24.9 Å². The fourth-order valence-corrected chi connectivity index (χ4v) is 3.63. The molecule has 0 aliphatic rings. The number of benzene rings is 1. The SMILES string of the molecule is CPO[C@@H](CI)c1ccc(OP)c2[nH]c(=O)ccc12. The number of aromatic nitrogens is 1. The maximum Gasteiger partial charge on any atom is 0.248 e. The minimum atomic E-state index is -0.141. The molecular formula is C12H14INO3P2. The van der Waals surface area contributed by atoms with E-state index in [2.05, 4.69) is 37.0 Å². The number of hydrogen-bond acceptors (Lipinski definition) is 3. The molecule has 7 heteroatoms. The highest BCUT2D eigenvalue weighted by Gasteiger charge is 2.16. The summed E-state index contributed by atoms with van der Waals surface area (Å²) in [6.45, 7) is 2.00. The summed E-state index contributed by atoms with van der Waals surface area (Å²) in [6.07, 6.45) is 0.0240. The molecule has 1 heterocycles. The van der Waals surface area contributed by atoms with Crippen molar-refractivity contribution in [2.45, 2.75) is 6.10 Å². The van der Waals surface area contributed by atoms with Crippen molar-refractivity contribution >= 4 is 51.8 Å². The fraction of sp³-hybridized carbons (Fsp3) is 0.250. The van der Waals surface area contributed by atoms with Crippen LogP contribution < -0.4 is 10.1 Å². The Balaban J connectivity index is 2.66. The van der Waals surface area contributed by atoms with E-state index in [9.17, 15) is 4.79 Å². The number of alkyl halides is 1. The summed E-state index contributed by atoms with van der Waals surface area (Å²) < 4.78 is 11.8. The standard InChI is InChI=1S/C12H14INO3P2/c1-19-17-10(6-13)7-2-4-9(16-18)12-8(7)3-5-11(15)14-12/h2-5,10,19H,6,18H2,1H3,(H,14,15)/t10-/m0/s1. The first-order chi connectivity index (χ1) is 9.21. The fourth-order valence-electron chi connectivity index (χ4n) is 1.95. The Morgan fingerprint density at radius 3 is 2.84 bits per heavy atom. The van der Waals surface area contributed by atoms with Crippen molar-refractivity contribution in [1.29, 1.82) is 0 Å². The molecule has 2 unspecified atom stereocenters. The van der Waals surface area contributed by atoms with Crippen LogP contribution in [0.1, 0.15) is 11.7 Å². The van der Waals surface area contributed by atoms with Gasteiger partial charge in [0.2, 0.25) is 5.56 Å². The van der Waals surface area contributed by atoms with Gasteiger partial charge in [0.25, 0.3) is 0 Å². The van der Waals surface area contributed by atoms with Crippen LogP contribution in [0.4, 0.5) is 0 Å². The van der Waals surface area contributed by atoms with Crippen molar-refractivity contribution in [2.75, 3.05) is 11.1 Å². The largest absolute Gasteiger partial charge is 0.478 e. The number of hydrogen-bond donors (Lipinski definition) is 1. The van der Waals surface area contributed by atoms with Crippen molar-refractivity contribution in [1.82, 2.24) is 4.98 Å². The first-order valence-electron chi connectivity index (χ1n) is 5.62. The first-order valence-corrected chi connectivity index (χ1v) is 9.02. The molecule has 19 heavy (non-hydrogen) atoms.